The predicted octanol–water partition coefficient (Wildman–Crippen LogP) is 5.15. The summed E-state index contributed by atoms with van der Waals surface area (Å²) in [6.07, 6.45) is 10.9. The number of carbonyl (C=O) groups is 1. The molecule has 2 saturated carbocycles. The van der Waals surface area contributed by atoms with E-state index in [9.17, 15) is 4.79 Å². The maximum atomic E-state index is 12.1. The van der Waals surface area contributed by atoms with Gasteiger partial charge in [0, 0.05) is 12.3 Å². The molecule has 1 aliphatic heterocycles. The van der Waals surface area contributed by atoms with Gasteiger partial charge in [0.1, 0.15) is 5.78 Å². The zero-order chi connectivity index (χ0) is 15.5. The molecule has 0 aromatic rings. The van der Waals surface area contributed by atoms with Crippen molar-refractivity contribution in [2.75, 3.05) is 6.61 Å². The van der Waals surface area contributed by atoms with Crippen LogP contribution in [0, 0.1) is 17.3 Å². The van der Waals surface area contributed by atoms with Crippen LogP contribution in [-0.2, 0) is 9.53 Å². The van der Waals surface area contributed by atoms with Crippen LogP contribution in [0.25, 0.3) is 0 Å². The molecule has 2 nitrogen and oxygen atoms in total. The van der Waals surface area contributed by atoms with E-state index in [2.05, 4.69) is 13.8 Å². The second kappa shape index (κ2) is 6.81. The first-order valence-corrected chi connectivity index (χ1v) is 9.20. The molecule has 0 radical (unpaired) electrons. The normalized spacial score (nSPS) is 41.2. The number of hydrogen-bond acceptors (Lipinski definition) is 2. The Balaban J connectivity index is 0.000000774. The lowest BCUT2D eigenvalue weighted by Crippen LogP contribution is -2.37. The van der Waals surface area contributed by atoms with Crippen molar-refractivity contribution in [2.24, 2.45) is 17.3 Å². The zero-order valence-electron chi connectivity index (χ0n) is 14.5. The average Bonchev–Trinajstić information content (AvgIpc) is 3.10. The predicted molar refractivity (Wildman–Crippen MR) is 87.4 cm³/mol. The van der Waals surface area contributed by atoms with Crippen LogP contribution < -0.4 is 0 Å². The molecule has 21 heavy (non-hydrogen) atoms. The summed E-state index contributed by atoms with van der Waals surface area (Å²) in [7, 11) is 0. The van der Waals surface area contributed by atoms with E-state index in [0.29, 0.717) is 17.1 Å². The molecule has 1 heterocycles. The molecule has 3 fully saturated rings. The summed E-state index contributed by atoms with van der Waals surface area (Å²) in [4.78, 5) is 12.1. The van der Waals surface area contributed by atoms with E-state index in [0.717, 1.165) is 25.4 Å². The fourth-order valence-corrected chi connectivity index (χ4v) is 4.67. The number of ether oxygens (including phenoxy) is 1. The van der Waals surface area contributed by atoms with E-state index < -0.39 is 0 Å². The Morgan fingerprint density at radius 1 is 1.19 bits per heavy atom. The van der Waals surface area contributed by atoms with Gasteiger partial charge in [0.2, 0.25) is 0 Å². The highest BCUT2D eigenvalue weighted by Crippen LogP contribution is 2.55. The summed E-state index contributed by atoms with van der Waals surface area (Å²) in [5.74, 6) is 1.76. The number of rotatable bonds is 5. The second-order valence-corrected chi connectivity index (χ2v) is 7.64. The van der Waals surface area contributed by atoms with Crippen molar-refractivity contribution in [1.82, 2.24) is 0 Å². The lowest BCUT2D eigenvalue weighted by molar-refractivity contribution is -0.129. The largest absolute Gasteiger partial charge is 0.370 e. The van der Waals surface area contributed by atoms with Gasteiger partial charge in [0.15, 0.2) is 0 Å². The Kier molecular flexibility index (Phi) is 5.51. The summed E-state index contributed by atoms with van der Waals surface area (Å²) in [6, 6.07) is 0. The van der Waals surface area contributed by atoms with Gasteiger partial charge in [-0.25, -0.2) is 0 Å². The van der Waals surface area contributed by atoms with Crippen LogP contribution in [0.3, 0.4) is 0 Å². The van der Waals surface area contributed by atoms with Gasteiger partial charge in [-0.15, -0.1) is 0 Å². The van der Waals surface area contributed by atoms with E-state index in [1.165, 1.54) is 44.9 Å². The topological polar surface area (TPSA) is 29.6 Å². The molecule has 0 spiro atoms. The Labute approximate surface area is 131 Å². The van der Waals surface area contributed by atoms with Crippen molar-refractivity contribution in [1.29, 1.82) is 0 Å². The fraction of sp³-hybridized carbons (Fsp3) is 0.947. The summed E-state index contributed by atoms with van der Waals surface area (Å²) in [6.45, 7) is 9.59. The molecule has 0 amide bonds. The molecule has 0 aromatic carbocycles. The summed E-state index contributed by atoms with van der Waals surface area (Å²) < 4.78 is 5.44. The van der Waals surface area contributed by atoms with Crippen molar-refractivity contribution in [3.8, 4) is 0 Å². The first kappa shape index (κ1) is 17.0. The fourth-order valence-electron chi connectivity index (χ4n) is 4.67. The Hall–Kier alpha value is -0.370. The highest BCUT2D eigenvalue weighted by Gasteiger charge is 2.50. The number of epoxide rings is 1. The van der Waals surface area contributed by atoms with Crippen LogP contribution >= 0.6 is 0 Å². The minimum atomic E-state index is 0.225. The van der Waals surface area contributed by atoms with Crippen LogP contribution in [0.4, 0.5) is 0 Å². The van der Waals surface area contributed by atoms with E-state index >= 15 is 0 Å². The molecule has 0 bridgehead atoms. The summed E-state index contributed by atoms with van der Waals surface area (Å²) in [5, 5.41) is 0. The lowest BCUT2D eigenvalue weighted by Gasteiger charge is -2.40. The Morgan fingerprint density at radius 3 is 2.57 bits per heavy atom. The molecule has 3 aliphatic rings. The molecule has 3 rings (SSSR count). The first-order valence-electron chi connectivity index (χ1n) is 9.20. The average molecular weight is 294 g/mol. The second-order valence-electron chi connectivity index (χ2n) is 7.64. The zero-order valence-corrected chi connectivity index (χ0v) is 14.5. The highest BCUT2D eigenvalue weighted by atomic mass is 16.6. The van der Waals surface area contributed by atoms with Crippen molar-refractivity contribution in [3.05, 3.63) is 0 Å². The van der Waals surface area contributed by atoms with Crippen LogP contribution in [0.15, 0.2) is 0 Å². The van der Waals surface area contributed by atoms with Crippen LogP contribution in [-0.4, -0.2) is 18.0 Å². The van der Waals surface area contributed by atoms with Gasteiger partial charge >= 0.3 is 0 Å². The number of ketones is 1. The molecule has 0 N–H and O–H groups in total. The maximum Gasteiger partial charge on any atom is 0.136 e. The molecular weight excluding hydrogens is 260 g/mol. The van der Waals surface area contributed by atoms with Gasteiger partial charge in [-0.1, -0.05) is 33.6 Å². The standard InChI is InChI=1S/C17H28O2.C2H6/c1-16(12-19-16)10-4-3-6-13-8-9-14-15(18)7-5-11-17(13,14)2;1-2/h13-14H,3-12H2,1-2H3;1-2H3. The van der Waals surface area contributed by atoms with Crippen molar-refractivity contribution in [3.63, 3.8) is 0 Å². The van der Waals surface area contributed by atoms with E-state index in [-0.39, 0.29) is 5.60 Å². The number of fused-ring (bicyclic) bond motifs is 1. The van der Waals surface area contributed by atoms with Gasteiger partial charge in [0.25, 0.3) is 0 Å². The Bertz CT molecular complexity index is 359. The van der Waals surface area contributed by atoms with Crippen LogP contribution in [0.2, 0.25) is 0 Å². The first-order chi connectivity index (χ1) is 10.0. The number of hydrogen-bond donors (Lipinski definition) is 0. The minimum absolute atomic E-state index is 0.225. The van der Waals surface area contributed by atoms with E-state index in [4.69, 9.17) is 4.74 Å². The van der Waals surface area contributed by atoms with Crippen molar-refractivity contribution in [2.45, 2.75) is 91.1 Å². The van der Waals surface area contributed by atoms with Gasteiger partial charge in [0.05, 0.1) is 12.2 Å². The quantitative estimate of drug-likeness (QED) is 0.518. The van der Waals surface area contributed by atoms with Crippen molar-refractivity contribution >= 4 is 5.78 Å². The van der Waals surface area contributed by atoms with Gasteiger partial charge in [-0.3, -0.25) is 4.79 Å². The molecule has 2 heteroatoms. The number of unbranched alkanes of at least 4 members (excludes halogenated alkanes) is 1. The van der Waals surface area contributed by atoms with Gasteiger partial charge in [-0.2, -0.15) is 0 Å². The summed E-state index contributed by atoms with van der Waals surface area (Å²) >= 11 is 0. The third-order valence-corrected chi connectivity index (χ3v) is 6.21. The van der Waals surface area contributed by atoms with Crippen LogP contribution in [0.1, 0.15) is 85.5 Å². The molecule has 4 atom stereocenters. The van der Waals surface area contributed by atoms with Crippen LogP contribution in [0.5, 0.6) is 0 Å². The number of Topliss-reactive ketones (excluding diaryl/α,β-unsaturated/α-hetero) is 1. The molecule has 4 unspecified atom stereocenters. The smallest absolute Gasteiger partial charge is 0.136 e. The maximum absolute atomic E-state index is 12.1. The SMILES string of the molecule is CC.CC1(CCCCC2CCC3C(=O)CCCC23C)CO1. The molecule has 0 aromatic heterocycles. The monoisotopic (exact) mass is 294 g/mol. The third kappa shape index (κ3) is 3.70. The molecule has 122 valence electrons. The molecular formula is C19H34O2. The number of carbonyl (C=O) groups excluding carboxylic acids is 1. The lowest BCUT2D eigenvalue weighted by atomic mass is 9.64. The minimum Gasteiger partial charge on any atom is -0.370 e. The van der Waals surface area contributed by atoms with Gasteiger partial charge < -0.3 is 4.74 Å². The van der Waals surface area contributed by atoms with Gasteiger partial charge in [-0.05, 0) is 56.8 Å². The summed E-state index contributed by atoms with van der Waals surface area (Å²) in [5.41, 5.74) is 0.568. The molecule has 2 aliphatic carbocycles. The van der Waals surface area contributed by atoms with E-state index in [1.54, 1.807) is 0 Å². The van der Waals surface area contributed by atoms with Crippen molar-refractivity contribution < 1.29 is 9.53 Å². The third-order valence-electron chi connectivity index (χ3n) is 6.21. The Morgan fingerprint density at radius 2 is 1.90 bits per heavy atom. The molecule has 1 saturated heterocycles. The van der Waals surface area contributed by atoms with E-state index in [1.807, 2.05) is 13.8 Å². The highest BCUT2D eigenvalue weighted by molar-refractivity contribution is 5.83.